The molecule has 1 aromatic carbocycles. The second-order valence-corrected chi connectivity index (χ2v) is 4.52. The van der Waals surface area contributed by atoms with E-state index in [1.54, 1.807) is 12.1 Å². The van der Waals surface area contributed by atoms with Gasteiger partial charge in [-0.1, -0.05) is 0 Å². The SMILES string of the molecule is CC(CCCO)NC1COc2cc(O)ccc21. The van der Waals surface area contributed by atoms with Crippen LogP contribution in [0.4, 0.5) is 0 Å². The third-order valence-electron chi connectivity index (χ3n) is 3.06. The average molecular weight is 237 g/mol. The van der Waals surface area contributed by atoms with Crippen LogP contribution in [0.1, 0.15) is 31.4 Å². The van der Waals surface area contributed by atoms with Gasteiger partial charge in [0, 0.05) is 24.3 Å². The van der Waals surface area contributed by atoms with Crippen molar-refractivity contribution in [1.82, 2.24) is 5.32 Å². The van der Waals surface area contributed by atoms with Gasteiger partial charge in [0.2, 0.25) is 0 Å². The zero-order chi connectivity index (χ0) is 12.3. The zero-order valence-electron chi connectivity index (χ0n) is 10.0. The van der Waals surface area contributed by atoms with Gasteiger partial charge in [0.05, 0.1) is 6.04 Å². The number of aliphatic hydroxyl groups excluding tert-OH is 1. The Balaban J connectivity index is 1.97. The molecule has 2 rings (SSSR count). The van der Waals surface area contributed by atoms with Gasteiger partial charge in [-0.2, -0.15) is 0 Å². The van der Waals surface area contributed by atoms with Gasteiger partial charge in [0.25, 0.3) is 0 Å². The number of hydrogen-bond acceptors (Lipinski definition) is 4. The summed E-state index contributed by atoms with van der Waals surface area (Å²) in [7, 11) is 0. The summed E-state index contributed by atoms with van der Waals surface area (Å²) in [6.07, 6.45) is 1.75. The number of aromatic hydroxyl groups is 1. The molecule has 3 N–H and O–H groups in total. The van der Waals surface area contributed by atoms with Crippen LogP contribution in [0.5, 0.6) is 11.5 Å². The molecule has 0 radical (unpaired) electrons. The van der Waals surface area contributed by atoms with Crippen molar-refractivity contribution in [2.75, 3.05) is 13.2 Å². The molecular weight excluding hydrogens is 218 g/mol. The number of fused-ring (bicyclic) bond motifs is 1. The Bertz CT molecular complexity index is 381. The monoisotopic (exact) mass is 237 g/mol. The van der Waals surface area contributed by atoms with Crippen molar-refractivity contribution in [2.24, 2.45) is 0 Å². The van der Waals surface area contributed by atoms with Gasteiger partial charge >= 0.3 is 0 Å². The third kappa shape index (κ3) is 2.90. The summed E-state index contributed by atoms with van der Waals surface area (Å²) in [5, 5.41) is 21.6. The van der Waals surface area contributed by atoms with Crippen LogP contribution in [0, 0.1) is 0 Å². The molecule has 0 bridgehead atoms. The number of benzene rings is 1. The lowest BCUT2D eigenvalue weighted by Gasteiger charge is -2.18. The van der Waals surface area contributed by atoms with Crippen LogP contribution in [-0.2, 0) is 0 Å². The molecule has 0 spiro atoms. The van der Waals surface area contributed by atoms with Crippen molar-refractivity contribution in [2.45, 2.75) is 31.8 Å². The minimum atomic E-state index is 0.180. The standard InChI is InChI=1S/C13H19NO3/c1-9(3-2-6-15)14-12-8-17-13-7-10(16)4-5-11(12)13/h4-5,7,9,12,14-16H,2-3,6,8H2,1H3. The van der Waals surface area contributed by atoms with Gasteiger partial charge in [-0.25, -0.2) is 0 Å². The topological polar surface area (TPSA) is 61.7 Å². The van der Waals surface area contributed by atoms with Gasteiger partial charge < -0.3 is 20.3 Å². The fraction of sp³-hybridized carbons (Fsp3) is 0.538. The molecule has 4 heteroatoms. The molecule has 2 atom stereocenters. The fourth-order valence-corrected chi connectivity index (χ4v) is 2.16. The molecule has 0 saturated heterocycles. The third-order valence-corrected chi connectivity index (χ3v) is 3.06. The number of hydrogen-bond donors (Lipinski definition) is 3. The first-order valence-corrected chi connectivity index (χ1v) is 6.03. The Morgan fingerprint density at radius 2 is 2.35 bits per heavy atom. The van der Waals surface area contributed by atoms with Crippen LogP contribution in [-0.4, -0.2) is 29.5 Å². The molecule has 1 aromatic rings. The lowest BCUT2D eigenvalue weighted by molar-refractivity contribution is 0.264. The van der Waals surface area contributed by atoms with E-state index < -0.39 is 0 Å². The van der Waals surface area contributed by atoms with E-state index in [0.29, 0.717) is 12.6 Å². The number of phenolic OH excluding ortho intramolecular Hbond substituents is 1. The van der Waals surface area contributed by atoms with Gasteiger partial charge in [0.15, 0.2) is 0 Å². The maximum Gasteiger partial charge on any atom is 0.127 e. The predicted molar refractivity (Wildman–Crippen MR) is 65.3 cm³/mol. The van der Waals surface area contributed by atoms with E-state index in [1.165, 1.54) is 0 Å². The number of nitrogens with one attached hydrogen (secondary N) is 1. The molecule has 0 saturated carbocycles. The Hall–Kier alpha value is -1.26. The van der Waals surface area contributed by atoms with Crippen LogP contribution >= 0.6 is 0 Å². The molecule has 17 heavy (non-hydrogen) atoms. The van der Waals surface area contributed by atoms with E-state index in [9.17, 15) is 5.11 Å². The lowest BCUT2D eigenvalue weighted by Crippen LogP contribution is -2.31. The van der Waals surface area contributed by atoms with E-state index >= 15 is 0 Å². The number of phenols is 1. The second-order valence-electron chi connectivity index (χ2n) is 4.52. The first-order valence-electron chi connectivity index (χ1n) is 6.03. The molecule has 4 nitrogen and oxygen atoms in total. The van der Waals surface area contributed by atoms with Crippen LogP contribution in [0.2, 0.25) is 0 Å². The minimum Gasteiger partial charge on any atom is -0.508 e. The highest BCUT2D eigenvalue weighted by Gasteiger charge is 2.25. The molecular formula is C13H19NO3. The molecule has 1 heterocycles. The summed E-state index contributed by atoms with van der Waals surface area (Å²) in [5.41, 5.74) is 1.10. The van der Waals surface area contributed by atoms with Crippen molar-refractivity contribution in [3.05, 3.63) is 23.8 Å². The summed E-state index contributed by atoms with van der Waals surface area (Å²) >= 11 is 0. The molecule has 0 aliphatic carbocycles. The van der Waals surface area contributed by atoms with E-state index in [0.717, 1.165) is 24.2 Å². The normalized spacial score (nSPS) is 19.8. The largest absolute Gasteiger partial charge is 0.508 e. The lowest BCUT2D eigenvalue weighted by atomic mass is 10.1. The van der Waals surface area contributed by atoms with Crippen LogP contribution in [0.3, 0.4) is 0 Å². The summed E-state index contributed by atoms with van der Waals surface area (Å²) in [6, 6.07) is 5.75. The van der Waals surface area contributed by atoms with Crippen molar-refractivity contribution in [3.8, 4) is 11.5 Å². The maximum atomic E-state index is 9.35. The van der Waals surface area contributed by atoms with Crippen LogP contribution in [0.25, 0.3) is 0 Å². The molecule has 0 amide bonds. The molecule has 2 unspecified atom stereocenters. The van der Waals surface area contributed by atoms with E-state index in [4.69, 9.17) is 9.84 Å². The summed E-state index contributed by atoms with van der Waals surface area (Å²) in [5.74, 6) is 0.995. The zero-order valence-corrected chi connectivity index (χ0v) is 10.0. The van der Waals surface area contributed by atoms with Crippen molar-refractivity contribution in [1.29, 1.82) is 0 Å². The summed E-state index contributed by atoms with van der Waals surface area (Å²) < 4.78 is 5.53. The first kappa shape index (κ1) is 12.2. The van der Waals surface area contributed by atoms with Crippen molar-refractivity contribution < 1.29 is 14.9 Å². The first-order chi connectivity index (χ1) is 8.20. The van der Waals surface area contributed by atoms with Gasteiger partial charge in [-0.3, -0.25) is 0 Å². The Labute approximate surface area is 101 Å². The van der Waals surface area contributed by atoms with Crippen LogP contribution in [0.15, 0.2) is 18.2 Å². The molecule has 0 aromatic heterocycles. The van der Waals surface area contributed by atoms with Gasteiger partial charge in [0.1, 0.15) is 18.1 Å². The maximum absolute atomic E-state index is 9.35. The highest BCUT2D eigenvalue weighted by atomic mass is 16.5. The second kappa shape index (κ2) is 5.38. The van der Waals surface area contributed by atoms with E-state index in [1.807, 2.05) is 6.07 Å². The molecule has 1 aliphatic heterocycles. The molecule has 94 valence electrons. The van der Waals surface area contributed by atoms with Crippen LogP contribution < -0.4 is 10.1 Å². The van der Waals surface area contributed by atoms with Crippen molar-refractivity contribution >= 4 is 0 Å². The van der Waals surface area contributed by atoms with E-state index in [2.05, 4.69) is 12.2 Å². The minimum absolute atomic E-state index is 0.180. The quantitative estimate of drug-likeness (QED) is 0.727. The molecule has 1 aliphatic rings. The van der Waals surface area contributed by atoms with Gasteiger partial charge in [-0.05, 0) is 31.9 Å². The number of ether oxygens (including phenoxy) is 1. The summed E-state index contributed by atoms with van der Waals surface area (Å²) in [4.78, 5) is 0. The predicted octanol–water partition coefficient (Wildman–Crippen LogP) is 1.58. The number of rotatable bonds is 5. The molecule has 0 fully saturated rings. The Morgan fingerprint density at radius 3 is 3.12 bits per heavy atom. The highest BCUT2D eigenvalue weighted by Crippen LogP contribution is 2.35. The fourth-order valence-electron chi connectivity index (χ4n) is 2.16. The average Bonchev–Trinajstić information content (AvgIpc) is 2.69. The summed E-state index contributed by atoms with van der Waals surface area (Å²) in [6.45, 7) is 2.94. The smallest absolute Gasteiger partial charge is 0.127 e. The van der Waals surface area contributed by atoms with Gasteiger partial charge in [-0.15, -0.1) is 0 Å². The number of aliphatic hydroxyl groups is 1. The highest BCUT2D eigenvalue weighted by molar-refractivity contribution is 5.44. The Kier molecular flexibility index (Phi) is 3.86. The van der Waals surface area contributed by atoms with Crippen molar-refractivity contribution in [3.63, 3.8) is 0 Å². The Morgan fingerprint density at radius 1 is 1.53 bits per heavy atom. The van der Waals surface area contributed by atoms with E-state index in [-0.39, 0.29) is 18.4 Å².